The Balaban J connectivity index is 2.27. The van der Waals surface area contributed by atoms with Crippen LogP contribution in [0.4, 0.5) is 5.82 Å². The molecule has 1 amide bonds. The van der Waals surface area contributed by atoms with E-state index >= 15 is 0 Å². The third kappa shape index (κ3) is 2.42. The van der Waals surface area contributed by atoms with E-state index in [0.717, 1.165) is 0 Å². The lowest BCUT2D eigenvalue weighted by Gasteiger charge is -2.09. The number of benzene rings is 1. The SMILES string of the molecule is COc1ccc(OC)c(C(=O)Nc2ccn[nH]2)c1. The number of ether oxygens (including phenoxy) is 2. The molecule has 0 unspecified atom stereocenters. The highest BCUT2D eigenvalue weighted by Crippen LogP contribution is 2.24. The van der Waals surface area contributed by atoms with Crippen LogP contribution >= 0.6 is 0 Å². The summed E-state index contributed by atoms with van der Waals surface area (Å²) in [5, 5.41) is 9.07. The van der Waals surface area contributed by atoms with E-state index in [9.17, 15) is 4.79 Å². The number of amides is 1. The first-order valence-electron chi connectivity index (χ1n) is 5.27. The van der Waals surface area contributed by atoms with Gasteiger partial charge in [-0.25, -0.2) is 0 Å². The molecule has 0 fully saturated rings. The Bertz CT molecular complexity index is 538. The van der Waals surface area contributed by atoms with Gasteiger partial charge in [0.2, 0.25) is 0 Å². The van der Waals surface area contributed by atoms with Crippen LogP contribution in [0.25, 0.3) is 0 Å². The minimum atomic E-state index is -0.296. The van der Waals surface area contributed by atoms with Crippen molar-refractivity contribution >= 4 is 11.7 Å². The zero-order chi connectivity index (χ0) is 13.0. The summed E-state index contributed by atoms with van der Waals surface area (Å²) in [7, 11) is 3.05. The van der Waals surface area contributed by atoms with Crippen LogP contribution in [0, 0.1) is 0 Å². The molecule has 0 atom stereocenters. The van der Waals surface area contributed by atoms with Crippen molar-refractivity contribution in [2.24, 2.45) is 0 Å². The summed E-state index contributed by atoms with van der Waals surface area (Å²) < 4.78 is 10.2. The number of nitrogens with one attached hydrogen (secondary N) is 2. The van der Waals surface area contributed by atoms with Crippen LogP contribution in [0.15, 0.2) is 30.5 Å². The summed E-state index contributed by atoms with van der Waals surface area (Å²) in [5.41, 5.74) is 0.395. The number of carbonyl (C=O) groups is 1. The van der Waals surface area contributed by atoms with Gasteiger partial charge in [0.1, 0.15) is 17.3 Å². The molecule has 0 aliphatic carbocycles. The molecular formula is C12H13N3O3. The first-order valence-corrected chi connectivity index (χ1v) is 5.27. The average molecular weight is 247 g/mol. The molecule has 94 valence electrons. The smallest absolute Gasteiger partial charge is 0.260 e. The van der Waals surface area contributed by atoms with E-state index < -0.39 is 0 Å². The number of aromatic amines is 1. The van der Waals surface area contributed by atoms with Crippen LogP contribution in [-0.4, -0.2) is 30.3 Å². The van der Waals surface area contributed by atoms with Gasteiger partial charge in [-0.15, -0.1) is 0 Å². The minimum absolute atomic E-state index is 0.296. The molecule has 18 heavy (non-hydrogen) atoms. The molecule has 0 saturated carbocycles. The highest BCUT2D eigenvalue weighted by Gasteiger charge is 2.14. The molecule has 0 radical (unpaired) electrons. The fourth-order valence-electron chi connectivity index (χ4n) is 1.51. The van der Waals surface area contributed by atoms with Gasteiger partial charge in [-0.05, 0) is 18.2 Å². The lowest BCUT2D eigenvalue weighted by molar-refractivity contribution is 0.102. The first kappa shape index (κ1) is 12.0. The summed E-state index contributed by atoms with van der Waals surface area (Å²) >= 11 is 0. The van der Waals surface area contributed by atoms with Gasteiger partial charge in [0.15, 0.2) is 0 Å². The van der Waals surface area contributed by atoms with E-state index in [1.807, 2.05) is 0 Å². The predicted octanol–water partition coefficient (Wildman–Crippen LogP) is 1.68. The molecule has 1 heterocycles. The van der Waals surface area contributed by atoms with Gasteiger partial charge in [0.25, 0.3) is 5.91 Å². The summed E-state index contributed by atoms with van der Waals surface area (Å²) in [4.78, 5) is 12.1. The van der Waals surface area contributed by atoms with E-state index in [1.54, 1.807) is 37.6 Å². The Morgan fingerprint density at radius 1 is 1.28 bits per heavy atom. The van der Waals surface area contributed by atoms with Gasteiger partial charge in [0.05, 0.1) is 26.0 Å². The van der Waals surface area contributed by atoms with Crippen molar-refractivity contribution < 1.29 is 14.3 Å². The Labute approximate surface area is 104 Å². The van der Waals surface area contributed by atoms with Gasteiger partial charge >= 0.3 is 0 Å². The summed E-state index contributed by atoms with van der Waals surface area (Å²) in [5.74, 6) is 1.29. The van der Waals surface area contributed by atoms with E-state index in [2.05, 4.69) is 15.5 Å². The third-order valence-corrected chi connectivity index (χ3v) is 2.40. The normalized spacial score (nSPS) is 9.89. The maximum atomic E-state index is 12.1. The van der Waals surface area contributed by atoms with E-state index in [-0.39, 0.29) is 5.91 Å². The topological polar surface area (TPSA) is 76.2 Å². The summed E-state index contributed by atoms with van der Waals surface area (Å²) in [6, 6.07) is 6.68. The first-order chi connectivity index (χ1) is 8.74. The van der Waals surface area contributed by atoms with Gasteiger partial charge in [-0.2, -0.15) is 5.10 Å². The number of methoxy groups -OCH3 is 2. The van der Waals surface area contributed by atoms with E-state index in [1.165, 1.54) is 7.11 Å². The van der Waals surface area contributed by atoms with Crippen molar-refractivity contribution in [3.8, 4) is 11.5 Å². The Morgan fingerprint density at radius 2 is 2.11 bits per heavy atom. The maximum Gasteiger partial charge on any atom is 0.260 e. The van der Waals surface area contributed by atoms with Crippen LogP contribution < -0.4 is 14.8 Å². The zero-order valence-electron chi connectivity index (χ0n) is 10.1. The quantitative estimate of drug-likeness (QED) is 0.861. The molecule has 2 aromatic rings. The lowest BCUT2D eigenvalue weighted by Crippen LogP contribution is -2.13. The van der Waals surface area contributed by atoms with Crippen molar-refractivity contribution in [1.29, 1.82) is 0 Å². The second-order valence-corrected chi connectivity index (χ2v) is 3.49. The van der Waals surface area contributed by atoms with Crippen molar-refractivity contribution in [3.05, 3.63) is 36.0 Å². The number of hydrogen-bond donors (Lipinski definition) is 2. The minimum Gasteiger partial charge on any atom is -0.497 e. The standard InChI is InChI=1S/C12H13N3O3/c1-17-8-3-4-10(18-2)9(7-8)12(16)14-11-5-6-13-15-11/h3-7H,1-2H3,(H2,13,14,15,16). The molecule has 0 spiro atoms. The molecule has 0 aliphatic rings. The Morgan fingerprint density at radius 3 is 2.72 bits per heavy atom. The number of aromatic nitrogens is 2. The van der Waals surface area contributed by atoms with Gasteiger partial charge in [-0.1, -0.05) is 0 Å². The number of nitrogens with zero attached hydrogens (tertiary/aromatic N) is 1. The van der Waals surface area contributed by atoms with Crippen LogP contribution in [0.2, 0.25) is 0 Å². The summed E-state index contributed by atoms with van der Waals surface area (Å²) in [6.45, 7) is 0. The fraction of sp³-hybridized carbons (Fsp3) is 0.167. The van der Waals surface area contributed by atoms with Crippen molar-refractivity contribution in [2.75, 3.05) is 19.5 Å². The van der Waals surface area contributed by atoms with Crippen molar-refractivity contribution in [2.45, 2.75) is 0 Å². The van der Waals surface area contributed by atoms with Gasteiger partial charge in [-0.3, -0.25) is 9.89 Å². The molecule has 6 heteroatoms. The van der Waals surface area contributed by atoms with Crippen LogP contribution in [-0.2, 0) is 0 Å². The van der Waals surface area contributed by atoms with Crippen molar-refractivity contribution in [3.63, 3.8) is 0 Å². The van der Waals surface area contributed by atoms with Crippen LogP contribution in [0.1, 0.15) is 10.4 Å². The van der Waals surface area contributed by atoms with Crippen LogP contribution in [0.3, 0.4) is 0 Å². The molecule has 1 aromatic heterocycles. The molecule has 0 bridgehead atoms. The lowest BCUT2D eigenvalue weighted by atomic mass is 10.1. The zero-order valence-corrected chi connectivity index (χ0v) is 10.1. The number of anilines is 1. The highest BCUT2D eigenvalue weighted by molar-refractivity contribution is 6.06. The van der Waals surface area contributed by atoms with Crippen molar-refractivity contribution in [1.82, 2.24) is 10.2 Å². The molecule has 6 nitrogen and oxygen atoms in total. The second-order valence-electron chi connectivity index (χ2n) is 3.49. The molecule has 2 rings (SSSR count). The fourth-order valence-corrected chi connectivity index (χ4v) is 1.51. The highest BCUT2D eigenvalue weighted by atomic mass is 16.5. The molecule has 2 N–H and O–H groups in total. The molecule has 1 aromatic carbocycles. The van der Waals surface area contributed by atoms with E-state index in [4.69, 9.17) is 9.47 Å². The Hall–Kier alpha value is -2.50. The number of carbonyl (C=O) groups excluding carboxylic acids is 1. The monoisotopic (exact) mass is 247 g/mol. The average Bonchev–Trinajstić information content (AvgIpc) is 2.90. The van der Waals surface area contributed by atoms with Crippen LogP contribution in [0.5, 0.6) is 11.5 Å². The Kier molecular flexibility index (Phi) is 3.47. The molecule has 0 aliphatic heterocycles. The summed E-state index contributed by atoms with van der Waals surface area (Å²) in [6.07, 6.45) is 1.55. The third-order valence-electron chi connectivity index (χ3n) is 2.40. The largest absolute Gasteiger partial charge is 0.497 e. The second kappa shape index (κ2) is 5.22. The van der Waals surface area contributed by atoms with Gasteiger partial charge in [0, 0.05) is 6.07 Å². The van der Waals surface area contributed by atoms with E-state index in [0.29, 0.717) is 22.9 Å². The molecule has 0 saturated heterocycles. The maximum absolute atomic E-state index is 12.1. The van der Waals surface area contributed by atoms with Gasteiger partial charge < -0.3 is 14.8 Å². The predicted molar refractivity (Wildman–Crippen MR) is 66.1 cm³/mol. The number of rotatable bonds is 4. The number of H-pyrrole nitrogens is 1. The number of hydrogen-bond acceptors (Lipinski definition) is 4. The molecular weight excluding hydrogens is 234 g/mol.